The Kier molecular flexibility index (Phi) is 5.77. The number of oxazole rings is 1. The molecule has 2 aromatic carbocycles. The van der Waals surface area contributed by atoms with E-state index in [2.05, 4.69) is 27.2 Å². The van der Waals surface area contributed by atoms with Crippen molar-refractivity contribution in [2.45, 2.75) is 19.0 Å². The summed E-state index contributed by atoms with van der Waals surface area (Å²) in [4.78, 5) is 32.1. The maximum Gasteiger partial charge on any atom is 0.307 e. The van der Waals surface area contributed by atoms with E-state index < -0.39 is 11.9 Å². The van der Waals surface area contributed by atoms with Gasteiger partial charge in [-0.25, -0.2) is 4.98 Å². The van der Waals surface area contributed by atoms with Crippen molar-refractivity contribution >= 4 is 28.4 Å². The van der Waals surface area contributed by atoms with Crippen LogP contribution in [0, 0.1) is 11.8 Å². The van der Waals surface area contributed by atoms with Crippen LogP contribution in [0.2, 0.25) is 0 Å². The number of hydrogen-bond acceptors (Lipinski definition) is 5. The van der Waals surface area contributed by atoms with E-state index in [4.69, 9.17) is 4.42 Å². The normalized spacial score (nSPS) is 14.7. The summed E-state index contributed by atoms with van der Waals surface area (Å²) in [5.41, 5.74) is 4.17. The standard InChI is InChI=1S/C29H24N6O3/c1-33-14-13-21(32-33)12-11-20-17-35-18-24(29(37)34(2)25-10-6-9-23(20)26(25)35)31-27(36)28-30-16-22(38-28)15-19-7-4-3-5-8-19/h3-10,13-14,16-17,24H,15,18H2,1-2H3,(H,31,36)/t24-/m0/s1. The summed E-state index contributed by atoms with van der Waals surface area (Å²) in [5.74, 6) is 6.04. The predicted octanol–water partition coefficient (Wildman–Crippen LogP) is 3.13. The number of carbonyl (C=O) groups excluding carboxylic acids is 2. The lowest BCUT2D eigenvalue weighted by molar-refractivity contribution is -0.120. The average Bonchev–Trinajstić information content (AvgIpc) is 3.64. The number of likely N-dealkylation sites (N-methyl/N-ethyl adjacent to an activating group) is 1. The van der Waals surface area contributed by atoms with Crippen LogP contribution < -0.4 is 10.2 Å². The molecule has 1 atom stereocenters. The van der Waals surface area contributed by atoms with E-state index in [1.54, 1.807) is 22.8 Å². The van der Waals surface area contributed by atoms with Crippen molar-refractivity contribution in [1.29, 1.82) is 0 Å². The number of nitrogens with zero attached hydrogens (tertiary/aromatic N) is 5. The molecule has 0 spiro atoms. The van der Waals surface area contributed by atoms with Gasteiger partial charge in [-0.1, -0.05) is 48.4 Å². The van der Waals surface area contributed by atoms with Crippen molar-refractivity contribution in [3.63, 3.8) is 0 Å². The smallest absolute Gasteiger partial charge is 0.307 e. The molecule has 4 heterocycles. The van der Waals surface area contributed by atoms with E-state index in [0.717, 1.165) is 27.7 Å². The lowest BCUT2D eigenvalue weighted by Gasteiger charge is -2.21. The Morgan fingerprint density at radius 2 is 1.95 bits per heavy atom. The topological polar surface area (TPSA) is 98.2 Å². The second kappa shape index (κ2) is 9.41. The third-order valence-electron chi connectivity index (χ3n) is 6.56. The molecule has 0 unspecified atom stereocenters. The van der Waals surface area contributed by atoms with Gasteiger partial charge in [-0.2, -0.15) is 5.10 Å². The first-order valence-corrected chi connectivity index (χ1v) is 12.2. The molecule has 1 N–H and O–H groups in total. The van der Waals surface area contributed by atoms with E-state index in [9.17, 15) is 9.59 Å². The highest BCUT2D eigenvalue weighted by Gasteiger charge is 2.32. The summed E-state index contributed by atoms with van der Waals surface area (Å²) in [6.07, 6.45) is 5.82. The van der Waals surface area contributed by atoms with Crippen LogP contribution in [0.4, 0.5) is 5.69 Å². The van der Waals surface area contributed by atoms with Crippen molar-refractivity contribution in [2.24, 2.45) is 7.05 Å². The molecule has 0 bridgehead atoms. The molecule has 38 heavy (non-hydrogen) atoms. The van der Waals surface area contributed by atoms with Crippen LogP contribution in [0.3, 0.4) is 0 Å². The van der Waals surface area contributed by atoms with Crippen LogP contribution in [0.25, 0.3) is 10.9 Å². The van der Waals surface area contributed by atoms with Crippen LogP contribution in [0.5, 0.6) is 0 Å². The van der Waals surface area contributed by atoms with Gasteiger partial charge in [0.1, 0.15) is 17.5 Å². The molecule has 0 saturated heterocycles. The zero-order valence-corrected chi connectivity index (χ0v) is 20.9. The van der Waals surface area contributed by atoms with Crippen molar-refractivity contribution in [3.8, 4) is 11.8 Å². The Hall–Kier alpha value is -5.10. The lowest BCUT2D eigenvalue weighted by atomic mass is 10.1. The highest BCUT2D eigenvalue weighted by atomic mass is 16.4. The maximum atomic E-state index is 13.4. The minimum Gasteiger partial charge on any atom is -0.437 e. The first-order chi connectivity index (χ1) is 18.5. The maximum absolute atomic E-state index is 13.4. The van der Waals surface area contributed by atoms with Gasteiger partial charge in [-0.3, -0.25) is 14.3 Å². The van der Waals surface area contributed by atoms with Crippen molar-refractivity contribution < 1.29 is 14.0 Å². The molecule has 2 amide bonds. The van der Waals surface area contributed by atoms with Crippen molar-refractivity contribution in [2.75, 3.05) is 11.9 Å². The summed E-state index contributed by atoms with van der Waals surface area (Å²) >= 11 is 0. The van der Waals surface area contributed by atoms with E-state index >= 15 is 0 Å². The molecule has 0 fully saturated rings. The third-order valence-corrected chi connectivity index (χ3v) is 6.56. The van der Waals surface area contributed by atoms with Gasteiger partial charge in [-0.15, -0.1) is 0 Å². The molecule has 0 aliphatic carbocycles. The van der Waals surface area contributed by atoms with Gasteiger partial charge in [-0.05, 0) is 23.6 Å². The Balaban J connectivity index is 1.27. The molecule has 1 aliphatic rings. The molecular weight excluding hydrogens is 480 g/mol. The number of amides is 2. The van der Waals surface area contributed by atoms with Gasteiger partial charge in [0, 0.05) is 38.3 Å². The zero-order chi connectivity index (χ0) is 26.2. The number of rotatable bonds is 4. The summed E-state index contributed by atoms with van der Waals surface area (Å²) in [7, 11) is 3.56. The molecule has 0 saturated carbocycles. The van der Waals surface area contributed by atoms with Gasteiger partial charge in [0.15, 0.2) is 0 Å². The average molecular weight is 505 g/mol. The van der Waals surface area contributed by atoms with Gasteiger partial charge in [0.05, 0.1) is 29.5 Å². The molecule has 9 heteroatoms. The Morgan fingerprint density at radius 1 is 1.11 bits per heavy atom. The van der Waals surface area contributed by atoms with E-state index in [0.29, 0.717) is 17.9 Å². The van der Waals surface area contributed by atoms with Crippen LogP contribution in [0.15, 0.2) is 77.6 Å². The fraction of sp³-hybridized carbons (Fsp3) is 0.172. The number of aromatic nitrogens is 4. The monoisotopic (exact) mass is 504 g/mol. The van der Waals surface area contributed by atoms with Crippen LogP contribution in [-0.4, -0.2) is 44.2 Å². The lowest BCUT2D eigenvalue weighted by Crippen LogP contribution is -2.48. The van der Waals surface area contributed by atoms with Gasteiger partial charge < -0.3 is 19.2 Å². The zero-order valence-electron chi connectivity index (χ0n) is 20.9. The number of para-hydroxylation sites is 1. The molecule has 0 radical (unpaired) electrons. The Morgan fingerprint density at radius 3 is 2.74 bits per heavy atom. The highest BCUT2D eigenvalue weighted by Crippen LogP contribution is 2.33. The number of benzene rings is 2. The van der Waals surface area contributed by atoms with Crippen molar-refractivity contribution in [3.05, 3.63) is 102 Å². The van der Waals surface area contributed by atoms with E-state index in [1.807, 2.05) is 78.6 Å². The summed E-state index contributed by atoms with van der Waals surface area (Å²) in [6, 6.07) is 16.6. The number of anilines is 1. The van der Waals surface area contributed by atoms with Crippen LogP contribution in [-0.2, 0) is 24.8 Å². The molecule has 5 aromatic rings. The van der Waals surface area contributed by atoms with E-state index in [1.165, 1.54) is 0 Å². The number of nitrogens with one attached hydrogen (secondary N) is 1. The number of aryl methyl sites for hydroxylation is 1. The van der Waals surface area contributed by atoms with Crippen molar-refractivity contribution in [1.82, 2.24) is 24.6 Å². The first kappa shape index (κ1) is 23.3. The third kappa shape index (κ3) is 4.33. The number of carbonyl (C=O) groups is 2. The molecule has 6 rings (SSSR count). The first-order valence-electron chi connectivity index (χ1n) is 12.2. The Bertz CT molecular complexity index is 1730. The second-order valence-electron chi connectivity index (χ2n) is 9.21. The summed E-state index contributed by atoms with van der Waals surface area (Å²) in [6.45, 7) is 0.241. The van der Waals surface area contributed by atoms with Gasteiger partial charge in [0.2, 0.25) is 0 Å². The fourth-order valence-corrected chi connectivity index (χ4v) is 4.71. The minimum absolute atomic E-state index is 0.0762. The van der Waals surface area contributed by atoms with Gasteiger partial charge in [0.25, 0.3) is 11.8 Å². The SMILES string of the molecule is CN1C(=O)[C@@H](NC(=O)c2ncc(Cc3ccccc3)o2)Cn2cc(C#Cc3ccn(C)n3)c3cccc1c32. The fourth-order valence-electron chi connectivity index (χ4n) is 4.71. The molecule has 3 aromatic heterocycles. The molecule has 188 valence electrons. The predicted molar refractivity (Wildman–Crippen MR) is 142 cm³/mol. The van der Waals surface area contributed by atoms with Gasteiger partial charge >= 0.3 is 5.91 Å². The molecule has 1 aliphatic heterocycles. The summed E-state index contributed by atoms with van der Waals surface area (Å²) in [5, 5.41) is 8.07. The van der Waals surface area contributed by atoms with Crippen LogP contribution in [0.1, 0.15) is 33.3 Å². The molecule has 9 nitrogen and oxygen atoms in total. The summed E-state index contributed by atoms with van der Waals surface area (Å²) < 4.78 is 9.38. The highest BCUT2D eigenvalue weighted by molar-refractivity contribution is 6.08. The Labute approximate surface area is 218 Å². The largest absolute Gasteiger partial charge is 0.437 e. The van der Waals surface area contributed by atoms with E-state index in [-0.39, 0.29) is 18.3 Å². The minimum atomic E-state index is -0.823. The second-order valence-corrected chi connectivity index (χ2v) is 9.21. The quantitative estimate of drug-likeness (QED) is 0.379. The van der Waals surface area contributed by atoms with Crippen LogP contribution >= 0.6 is 0 Å². The molecular formula is C29H24N6O3. The number of hydrogen-bond donors (Lipinski definition) is 1.